The lowest BCUT2D eigenvalue weighted by atomic mass is 9.91. The Bertz CT molecular complexity index is 271. The highest BCUT2D eigenvalue weighted by atomic mass is 19.3. The minimum Gasteiger partial charge on any atom is -0.481 e. The Morgan fingerprint density at radius 2 is 1.93 bits per heavy atom. The monoisotopic (exact) mass is 223 g/mol. The van der Waals surface area contributed by atoms with E-state index < -0.39 is 30.4 Å². The fourth-order valence-electron chi connectivity index (χ4n) is 1.70. The van der Waals surface area contributed by atoms with Crippen molar-refractivity contribution in [1.82, 2.24) is 4.90 Å². The second kappa shape index (κ2) is 4.41. The SMILES string of the molecule is O=C(O)C1CCN(C(=O)O)C(C(F)F)C1. The van der Waals surface area contributed by atoms with Gasteiger partial charge < -0.3 is 10.2 Å². The van der Waals surface area contributed by atoms with Crippen molar-refractivity contribution in [2.45, 2.75) is 25.3 Å². The minimum atomic E-state index is -2.84. The Morgan fingerprint density at radius 3 is 2.33 bits per heavy atom. The summed E-state index contributed by atoms with van der Waals surface area (Å²) in [6.07, 6.45) is -4.50. The first kappa shape index (κ1) is 11.7. The van der Waals surface area contributed by atoms with Gasteiger partial charge in [-0.15, -0.1) is 0 Å². The maximum absolute atomic E-state index is 12.5. The molecule has 0 aromatic rings. The summed E-state index contributed by atoms with van der Waals surface area (Å²) < 4.78 is 24.9. The van der Waals surface area contributed by atoms with Crippen molar-refractivity contribution in [2.75, 3.05) is 6.54 Å². The maximum atomic E-state index is 12.5. The van der Waals surface area contributed by atoms with E-state index in [-0.39, 0.29) is 19.4 Å². The summed E-state index contributed by atoms with van der Waals surface area (Å²) in [6.45, 7) is -0.151. The molecular weight excluding hydrogens is 212 g/mol. The number of alkyl halides is 2. The average molecular weight is 223 g/mol. The van der Waals surface area contributed by atoms with Crippen molar-refractivity contribution in [3.05, 3.63) is 0 Å². The molecule has 1 aliphatic rings. The number of amides is 1. The molecule has 0 bridgehead atoms. The predicted octanol–water partition coefficient (Wildman–Crippen LogP) is 1.09. The van der Waals surface area contributed by atoms with Crippen LogP contribution in [-0.4, -0.2) is 46.2 Å². The largest absolute Gasteiger partial charge is 0.481 e. The van der Waals surface area contributed by atoms with Crippen LogP contribution in [0, 0.1) is 5.92 Å². The predicted molar refractivity (Wildman–Crippen MR) is 44.9 cm³/mol. The zero-order valence-corrected chi connectivity index (χ0v) is 7.77. The zero-order chi connectivity index (χ0) is 11.6. The van der Waals surface area contributed by atoms with Gasteiger partial charge in [-0.25, -0.2) is 13.6 Å². The molecule has 2 atom stereocenters. The van der Waals surface area contributed by atoms with Crippen LogP contribution in [0.1, 0.15) is 12.8 Å². The quantitative estimate of drug-likeness (QED) is 0.734. The third-order valence-electron chi connectivity index (χ3n) is 2.53. The topological polar surface area (TPSA) is 77.8 Å². The van der Waals surface area contributed by atoms with Crippen LogP contribution < -0.4 is 0 Å². The first-order chi connectivity index (χ1) is 6.93. The van der Waals surface area contributed by atoms with E-state index in [4.69, 9.17) is 10.2 Å². The van der Waals surface area contributed by atoms with Crippen molar-refractivity contribution in [3.63, 3.8) is 0 Å². The van der Waals surface area contributed by atoms with Gasteiger partial charge in [0.05, 0.1) is 12.0 Å². The van der Waals surface area contributed by atoms with Gasteiger partial charge >= 0.3 is 12.1 Å². The number of piperidine rings is 1. The lowest BCUT2D eigenvalue weighted by molar-refractivity contribution is -0.145. The van der Waals surface area contributed by atoms with Crippen LogP contribution in [0.5, 0.6) is 0 Å². The molecule has 1 fully saturated rings. The third kappa shape index (κ3) is 2.54. The summed E-state index contributed by atoms with van der Waals surface area (Å²) in [7, 11) is 0. The fraction of sp³-hybridized carbons (Fsp3) is 0.750. The molecule has 1 rings (SSSR count). The van der Waals surface area contributed by atoms with Crippen LogP contribution >= 0.6 is 0 Å². The molecule has 1 amide bonds. The van der Waals surface area contributed by atoms with E-state index in [9.17, 15) is 18.4 Å². The van der Waals surface area contributed by atoms with Gasteiger partial charge in [-0.2, -0.15) is 0 Å². The first-order valence-electron chi connectivity index (χ1n) is 4.44. The molecule has 1 saturated heterocycles. The third-order valence-corrected chi connectivity index (χ3v) is 2.53. The van der Waals surface area contributed by atoms with Crippen LogP contribution in [0.4, 0.5) is 13.6 Å². The number of halogens is 2. The number of carboxylic acid groups (broad SMARTS) is 2. The molecule has 0 spiro atoms. The normalized spacial score (nSPS) is 26.7. The van der Waals surface area contributed by atoms with E-state index in [0.717, 1.165) is 0 Å². The molecule has 0 radical (unpaired) electrons. The molecule has 1 aliphatic heterocycles. The van der Waals surface area contributed by atoms with Gasteiger partial charge in [-0.05, 0) is 12.8 Å². The summed E-state index contributed by atoms with van der Waals surface area (Å²) in [5.41, 5.74) is 0. The van der Waals surface area contributed by atoms with E-state index in [2.05, 4.69) is 0 Å². The number of likely N-dealkylation sites (tertiary alicyclic amines) is 1. The van der Waals surface area contributed by atoms with Crippen molar-refractivity contribution >= 4 is 12.1 Å². The second-order valence-electron chi connectivity index (χ2n) is 3.44. The standard InChI is InChI=1S/C8H11F2NO4/c9-6(10)5-3-4(7(12)13)1-2-11(5)8(14)15/h4-6H,1-3H2,(H,12,13)(H,14,15). The van der Waals surface area contributed by atoms with Gasteiger partial charge in [0.25, 0.3) is 6.43 Å². The number of rotatable bonds is 2. The Kier molecular flexibility index (Phi) is 3.43. The second-order valence-corrected chi connectivity index (χ2v) is 3.44. The Labute approximate surface area is 84.3 Å². The van der Waals surface area contributed by atoms with E-state index in [0.29, 0.717) is 4.90 Å². The van der Waals surface area contributed by atoms with E-state index in [1.165, 1.54) is 0 Å². The highest BCUT2D eigenvalue weighted by Gasteiger charge is 2.39. The summed E-state index contributed by atoms with van der Waals surface area (Å²) in [6, 6.07) is -1.50. The molecule has 1 heterocycles. The highest BCUT2D eigenvalue weighted by molar-refractivity contribution is 5.71. The number of hydrogen-bond acceptors (Lipinski definition) is 2. The van der Waals surface area contributed by atoms with Crippen molar-refractivity contribution in [2.24, 2.45) is 5.92 Å². The number of carboxylic acids is 1. The van der Waals surface area contributed by atoms with E-state index >= 15 is 0 Å². The first-order valence-corrected chi connectivity index (χ1v) is 4.44. The lowest BCUT2D eigenvalue weighted by Gasteiger charge is -2.35. The van der Waals surface area contributed by atoms with Crippen LogP contribution in [0.2, 0.25) is 0 Å². The molecule has 0 aliphatic carbocycles. The van der Waals surface area contributed by atoms with Gasteiger partial charge in [0, 0.05) is 6.54 Å². The van der Waals surface area contributed by atoms with E-state index in [1.54, 1.807) is 0 Å². The fourth-order valence-corrected chi connectivity index (χ4v) is 1.70. The Morgan fingerprint density at radius 1 is 1.33 bits per heavy atom. The maximum Gasteiger partial charge on any atom is 0.407 e. The van der Waals surface area contributed by atoms with E-state index in [1.807, 2.05) is 0 Å². The summed E-state index contributed by atoms with van der Waals surface area (Å²) in [5, 5.41) is 17.3. The smallest absolute Gasteiger partial charge is 0.407 e. The lowest BCUT2D eigenvalue weighted by Crippen LogP contribution is -2.50. The molecule has 5 nitrogen and oxygen atoms in total. The number of nitrogens with zero attached hydrogens (tertiary/aromatic N) is 1. The van der Waals surface area contributed by atoms with Gasteiger partial charge in [0.1, 0.15) is 0 Å². The molecule has 0 aromatic carbocycles. The van der Waals surface area contributed by atoms with Crippen LogP contribution in [0.15, 0.2) is 0 Å². The van der Waals surface area contributed by atoms with Gasteiger partial charge in [-0.3, -0.25) is 9.69 Å². The zero-order valence-electron chi connectivity index (χ0n) is 7.77. The van der Waals surface area contributed by atoms with Crippen LogP contribution in [0.3, 0.4) is 0 Å². The van der Waals surface area contributed by atoms with Crippen LogP contribution in [-0.2, 0) is 4.79 Å². The number of hydrogen-bond donors (Lipinski definition) is 2. The average Bonchev–Trinajstić information content (AvgIpc) is 2.16. The molecule has 15 heavy (non-hydrogen) atoms. The Balaban J connectivity index is 2.73. The molecule has 2 unspecified atom stereocenters. The molecule has 0 aromatic heterocycles. The van der Waals surface area contributed by atoms with Gasteiger partial charge in [-0.1, -0.05) is 0 Å². The molecule has 86 valence electrons. The van der Waals surface area contributed by atoms with Crippen molar-refractivity contribution in [1.29, 1.82) is 0 Å². The van der Waals surface area contributed by atoms with Crippen LogP contribution in [0.25, 0.3) is 0 Å². The molecule has 2 N–H and O–H groups in total. The molecule has 0 saturated carbocycles. The summed E-state index contributed by atoms with van der Waals surface area (Å²) in [5.74, 6) is -2.02. The Hall–Kier alpha value is -1.40. The number of carbonyl (C=O) groups is 2. The van der Waals surface area contributed by atoms with Crippen molar-refractivity contribution in [3.8, 4) is 0 Å². The minimum absolute atomic E-state index is 0.0881. The summed E-state index contributed by atoms with van der Waals surface area (Å²) in [4.78, 5) is 21.8. The van der Waals surface area contributed by atoms with Gasteiger partial charge in [0.15, 0.2) is 0 Å². The molecular formula is C8H11F2NO4. The number of aliphatic carboxylic acids is 1. The highest BCUT2D eigenvalue weighted by Crippen LogP contribution is 2.27. The molecule has 7 heteroatoms. The summed E-state index contributed by atoms with van der Waals surface area (Å²) >= 11 is 0. The van der Waals surface area contributed by atoms with Crippen molar-refractivity contribution < 1.29 is 28.6 Å². The van der Waals surface area contributed by atoms with Gasteiger partial charge in [0.2, 0.25) is 0 Å².